The molecule has 0 aliphatic carbocycles. The number of urea groups is 1. The van der Waals surface area contributed by atoms with Gasteiger partial charge in [0.2, 0.25) is 0 Å². The van der Waals surface area contributed by atoms with Gasteiger partial charge in [0.15, 0.2) is 6.29 Å². The van der Waals surface area contributed by atoms with Crippen molar-refractivity contribution in [3.8, 4) is 0 Å². The number of hydrogen-bond acceptors (Lipinski definition) is 8. The van der Waals surface area contributed by atoms with Gasteiger partial charge in [0, 0.05) is 4.47 Å². The minimum atomic E-state index is -4.18. The molecule has 0 bridgehead atoms. The fourth-order valence-electron chi connectivity index (χ4n) is 2.23. The zero-order valence-corrected chi connectivity index (χ0v) is 15.0. The van der Waals surface area contributed by atoms with Gasteiger partial charge in [-0.2, -0.15) is 0 Å². The van der Waals surface area contributed by atoms with Crippen molar-refractivity contribution in [1.82, 2.24) is 10.0 Å². The van der Waals surface area contributed by atoms with E-state index in [0.717, 1.165) is 0 Å². The summed E-state index contributed by atoms with van der Waals surface area (Å²) in [7, 11) is -4.18. The average molecular weight is 441 g/mol. The number of nitrogens with one attached hydrogen (secondary N) is 2. The van der Waals surface area contributed by atoms with Crippen LogP contribution in [0.4, 0.5) is 4.79 Å². The van der Waals surface area contributed by atoms with Crippen molar-refractivity contribution in [3.05, 3.63) is 28.7 Å². The first-order chi connectivity index (χ1) is 11.7. The van der Waals surface area contributed by atoms with Crippen molar-refractivity contribution in [1.29, 1.82) is 0 Å². The quantitative estimate of drug-likeness (QED) is 0.320. The van der Waals surface area contributed by atoms with Crippen molar-refractivity contribution < 1.29 is 38.4 Å². The molecule has 5 atom stereocenters. The van der Waals surface area contributed by atoms with E-state index in [9.17, 15) is 28.5 Å². The van der Waals surface area contributed by atoms with Gasteiger partial charge in [-0.1, -0.05) is 15.9 Å². The first-order valence-corrected chi connectivity index (χ1v) is 9.32. The van der Waals surface area contributed by atoms with Crippen LogP contribution in [0, 0.1) is 0 Å². The summed E-state index contributed by atoms with van der Waals surface area (Å²) in [6.07, 6.45) is -6.25. The Hall–Kier alpha value is -1.28. The summed E-state index contributed by atoms with van der Waals surface area (Å²) in [6.45, 7) is -0.661. The Morgan fingerprint density at radius 1 is 1.16 bits per heavy atom. The Morgan fingerprint density at radius 2 is 1.76 bits per heavy atom. The minimum absolute atomic E-state index is 0.174. The van der Waals surface area contributed by atoms with Crippen LogP contribution < -0.4 is 10.0 Å². The van der Waals surface area contributed by atoms with Crippen molar-refractivity contribution in [2.75, 3.05) is 6.61 Å². The number of carbonyl (C=O) groups excluding carboxylic acids is 1. The Bertz CT molecular complexity index is 713. The zero-order chi connectivity index (χ0) is 18.8. The zero-order valence-electron chi connectivity index (χ0n) is 12.6. The number of hydrogen-bond donors (Lipinski definition) is 6. The van der Waals surface area contributed by atoms with Crippen LogP contribution in [0.5, 0.6) is 0 Å². The normalized spacial score (nSPS) is 29.9. The van der Waals surface area contributed by atoms with Gasteiger partial charge in [-0.3, -0.25) is 0 Å². The minimum Gasteiger partial charge on any atom is -0.394 e. The van der Waals surface area contributed by atoms with Gasteiger partial charge in [-0.15, -0.1) is 0 Å². The summed E-state index contributed by atoms with van der Waals surface area (Å²) < 4.78 is 31.4. The molecule has 2 amide bonds. The van der Waals surface area contributed by atoms with Crippen LogP contribution in [0.15, 0.2) is 33.6 Å². The lowest BCUT2D eigenvalue weighted by atomic mass is 9.97. The molecule has 0 saturated carbocycles. The number of sulfonamides is 1. The van der Waals surface area contributed by atoms with Crippen LogP contribution in [0.25, 0.3) is 0 Å². The molecule has 140 valence electrons. The van der Waals surface area contributed by atoms with Crippen molar-refractivity contribution in [2.45, 2.75) is 35.5 Å². The average Bonchev–Trinajstić information content (AvgIpc) is 2.55. The Morgan fingerprint density at radius 3 is 2.32 bits per heavy atom. The third kappa shape index (κ3) is 4.67. The second kappa shape index (κ2) is 7.95. The molecular weight excluding hydrogens is 424 g/mol. The number of aliphatic hydroxyl groups is 4. The van der Waals surface area contributed by atoms with Gasteiger partial charge < -0.3 is 30.5 Å². The number of rotatable bonds is 4. The van der Waals surface area contributed by atoms with Gasteiger partial charge in [0.1, 0.15) is 24.4 Å². The summed E-state index contributed by atoms with van der Waals surface area (Å²) >= 11 is 3.15. The molecule has 1 saturated heterocycles. The highest BCUT2D eigenvalue weighted by Crippen LogP contribution is 2.20. The van der Waals surface area contributed by atoms with Crippen molar-refractivity contribution >= 4 is 32.0 Å². The molecule has 1 aromatic carbocycles. The second-order valence-electron chi connectivity index (χ2n) is 5.29. The van der Waals surface area contributed by atoms with Gasteiger partial charge in [0.05, 0.1) is 11.5 Å². The largest absolute Gasteiger partial charge is 0.394 e. The lowest BCUT2D eigenvalue weighted by Crippen LogP contribution is -2.65. The summed E-state index contributed by atoms with van der Waals surface area (Å²) in [4.78, 5) is 11.7. The number of halogens is 1. The van der Waals surface area contributed by atoms with E-state index < -0.39 is 53.3 Å². The monoisotopic (exact) mass is 440 g/mol. The van der Waals surface area contributed by atoms with E-state index in [2.05, 4.69) is 15.9 Å². The molecule has 6 N–H and O–H groups in total. The molecule has 0 radical (unpaired) electrons. The lowest BCUT2D eigenvalue weighted by molar-refractivity contribution is -0.252. The second-order valence-corrected chi connectivity index (χ2v) is 7.89. The Labute approximate surface area is 151 Å². The van der Waals surface area contributed by atoms with E-state index in [1.165, 1.54) is 24.3 Å². The van der Waals surface area contributed by atoms with E-state index in [4.69, 9.17) is 9.84 Å². The molecule has 2 rings (SSSR count). The third-order valence-corrected chi connectivity index (χ3v) is 5.42. The summed E-state index contributed by atoms with van der Waals surface area (Å²) in [5.74, 6) is 0. The van der Waals surface area contributed by atoms with E-state index in [0.29, 0.717) is 4.47 Å². The molecule has 1 fully saturated rings. The maximum atomic E-state index is 12.1. The molecule has 1 aromatic rings. The predicted molar refractivity (Wildman–Crippen MR) is 86.8 cm³/mol. The van der Waals surface area contributed by atoms with E-state index in [-0.39, 0.29) is 4.90 Å². The molecule has 12 heteroatoms. The van der Waals surface area contributed by atoms with E-state index in [1.807, 2.05) is 5.32 Å². The lowest BCUT2D eigenvalue weighted by Gasteiger charge is -2.40. The molecule has 2 unspecified atom stereocenters. The standard InChI is InChI=1S/C13H17BrN2O8S/c14-6-1-3-7(4-2-6)25(22,23)16-13(21)15-9-11(19)10(18)8(5-17)24-12(9)20/h1-4,8-12,17-20H,5H2,(H2,15,16,21)/t8?,9-,10+,11?,12+/m0/s1. The predicted octanol–water partition coefficient (Wildman–Crippen LogP) is -1.76. The van der Waals surface area contributed by atoms with Crippen LogP contribution >= 0.6 is 15.9 Å². The highest BCUT2D eigenvalue weighted by molar-refractivity contribution is 9.10. The van der Waals surface area contributed by atoms with Gasteiger partial charge >= 0.3 is 6.03 Å². The van der Waals surface area contributed by atoms with Crippen LogP contribution in [-0.4, -0.2) is 72.1 Å². The molecule has 0 spiro atoms. The van der Waals surface area contributed by atoms with E-state index >= 15 is 0 Å². The summed E-state index contributed by atoms with van der Waals surface area (Å²) in [6, 6.07) is 2.74. The van der Waals surface area contributed by atoms with Gasteiger partial charge in [-0.25, -0.2) is 17.9 Å². The highest BCUT2D eigenvalue weighted by Gasteiger charge is 2.44. The van der Waals surface area contributed by atoms with Crippen LogP contribution in [-0.2, 0) is 14.8 Å². The first kappa shape index (κ1) is 20.0. The summed E-state index contributed by atoms with van der Waals surface area (Å²) in [5, 5.41) is 40.4. The summed E-state index contributed by atoms with van der Waals surface area (Å²) in [5.41, 5.74) is 0. The maximum Gasteiger partial charge on any atom is 0.329 e. The van der Waals surface area contributed by atoms with Crippen LogP contribution in [0.3, 0.4) is 0 Å². The maximum absolute atomic E-state index is 12.1. The smallest absolute Gasteiger partial charge is 0.329 e. The molecule has 0 aromatic heterocycles. The van der Waals surface area contributed by atoms with Crippen LogP contribution in [0.2, 0.25) is 0 Å². The molecule has 10 nitrogen and oxygen atoms in total. The number of ether oxygens (including phenoxy) is 1. The van der Waals surface area contributed by atoms with Crippen molar-refractivity contribution in [3.63, 3.8) is 0 Å². The number of amides is 2. The van der Waals surface area contributed by atoms with Gasteiger partial charge in [0.25, 0.3) is 10.0 Å². The van der Waals surface area contributed by atoms with Crippen molar-refractivity contribution in [2.24, 2.45) is 0 Å². The number of carbonyl (C=O) groups is 1. The van der Waals surface area contributed by atoms with E-state index in [1.54, 1.807) is 4.72 Å². The fourth-order valence-corrected chi connectivity index (χ4v) is 3.41. The van der Waals surface area contributed by atoms with Crippen LogP contribution in [0.1, 0.15) is 0 Å². The first-order valence-electron chi connectivity index (χ1n) is 7.05. The fraction of sp³-hybridized carbons (Fsp3) is 0.462. The molecule has 25 heavy (non-hydrogen) atoms. The number of benzene rings is 1. The topological polar surface area (TPSA) is 165 Å². The highest BCUT2D eigenvalue weighted by atomic mass is 79.9. The Balaban J connectivity index is 2.05. The molecule has 1 aliphatic rings. The third-order valence-electron chi connectivity index (χ3n) is 3.55. The molecule has 1 heterocycles. The molecular formula is C13H17BrN2O8S. The number of aliphatic hydroxyl groups excluding tert-OH is 4. The van der Waals surface area contributed by atoms with Gasteiger partial charge in [-0.05, 0) is 24.3 Å². The Kier molecular flexibility index (Phi) is 6.37. The SMILES string of the molecule is O=C(N[C@H]1C(O)[C@H](O)C(CO)O[C@H]1O)NS(=O)(=O)c1ccc(Br)cc1. The molecule has 1 aliphatic heterocycles.